The highest BCUT2D eigenvalue weighted by molar-refractivity contribution is 8.02. The molecule has 5 heteroatoms. The predicted molar refractivity (Wildman–Crippen MR) is 121 cm³/mol. The minimum absolute atomic E-state index is 0.211. The molecule has 0 aromatic heterocycles. The van der Waals surface area contributed by atoms with E-state index in [1.54, 1.807) is 0 Å². The first-order chi connectivity index (χ1) is 11.3. The van der Waals surface area contributed by atoms with Crippen molar-refractivity contribution in [3.05, 3.63) is 10.9 Å². The Balaban J connectivity index is 4.80. The number of hydrogen-bond acceptors (Lipinski definition) is 3. The molecule has 0 fully saturated rings. The Bertz CT molecular complexity index is 407. The maximum atomic E-state index is 6.52. The van der Waals surface area contributed by atoms with Crippen LogP contribution >= 0.6 is 11.8 Å². The summed E-state index contributed by atoms with van der Waals surface area (Å²) in [5, 5.41) is 1.25. The van der Waals surface area contributed by atoms with Gasteiger partial charge >= 0.3 is 0 Å². The molecule has 0 atom stereocenters. The number of unbranched alkanes of at least 4 members (excludes halogenated alkanes) is 5. The van der Waals surface area contributed by atoms with E-state index in [2.05, 4.69) is 67.4 Å². The fraction of sp³-hybridized carbons (Fsp3) is 0.900. The molecule has 0 unspecified atom stereocenters. The van der Waals surface area contributed by atoms with E-state index >= 15 is 0 Å². The van der Waals surface area contributed by atoms with Gasteiger partial charge in [0.2, 0.25) is 16.6 Å². The molecule has 150 valence electrons. The van der Waals surface area contributed by atoms with Gasteiger partial charge in [0.05, 0.1) is 0 Å². The molecule has 0 aliphatic rings. The van der Waals surface area contributed by atoms with Crippen LogP contribution in [0, 0.1) is 0 Å². The third kappa shape index (κ3) is 11.4. The summed E-state index contributed by atoms with van der Waals surface area (Å²) >= 11 is 1.86. The molecule has 0 spiro atoms. The minimum atomic E-state index is -1.81. The smallest absolute Gasteiger partial charge is 0.250 e. The monoisotopic (exact) mass is 404 g/mol. The summed E-state index contributed by atoms with van der Waals surface area (Å²) in [5.41, 5.74) is 0. The first-order valence-corrected chi connectivity index (χ1v) is 17.3. The van der Waals surface area contributed by atoms with E-state index in [-0.39, 0.29) is 5.04 Å². The summed E-state index contributed by atoms with van der Waals surface area (Å²) in [4.78, 5) is 0. The largest absolute Gasteiger partial charge is 0.544 e. The molecule has 0 bridgehead atoms. The molecule has 25 heavy (non-hydrogen) atoms. The quantitative estimate of drug-likeness (QED) is 0.186. The molecule has 0 radical (unpaired) electrons. The molecule has 0 N–H and O–H groups in total. The molecule has 2 nitrogen and oxygen atoms in total. The lowest BCUT2D eigenvalue weighted by atomic mass is 10.1. The SMILES string of the molecule is CCCCCCCCS/C(O[Si](C)(C)C)=C(\C)O[Si](C)(C)C(C)(C)C. The Morgan fingerprint density at radius 2 is 1.36 bits per heavy atom. The van der Waals surface area contributed by atoms with Crippen molar-refractivity contribution in [2.75, 3.05) is 5.75 Å². The average Bonchev–Trinajstić information content (AvgIpc) is 2.42. The summed E-state index contributed by atoms with van der Waals surface area (Å²) in [6.45, 7) is 22.6. The van der Waals surface area contributed by atoms with E-state index in [0.717, 1.165) is 16.6 Å². The molecular formula is C20H44O2SSi2. The van der Waals surface area contributed by atoms with E-state index in [9.17, 15) is 0 Å². The second kappa shape index (κ2) is 11.1. The second-order valence-electron chi connectivity index (χ2n) is 9.54. The van der Waals surface area contributed by atoms with Crippen molar-refractivity contribution in [2.24, 2.45) is 0 Å². The summed E-state index contributed by atoms with van der Waals surface area (Å²) in [5.74, 6) is 2.13. The fourth-order valence-electron chi connectivity index (χ4n) is 2.11. The van der Waals surface area contributed by atoms with Gasteiger partial charge in [0.1, 0.15) is 5.76 Å². The van der Waals surface area contributed by atoms with Gasteiger partial charge in [-0.05, 0) is 51.1 Å². The number of rotatable bonds is 12. The zero-order valence-electron chi connectivity index (χ0n) is 18.7. The van der Waals surface area contributed by atoms with Crippen LogP contribution in [0.5, 0.6) is 0 Å². The van der Waals surface area contributed by atoms with Crippen LogP contribution in [-0.4, -0.2) is 22.4 Å². The van der Waals surface area contributed by atoms with Crippen molar-refractivity contribution in [2.45, 2.75) is 111 Å². The highest BCUT2D eigenvalue weighted by Crippen LogP contribution is 2.39. The lowest BCUT2D eigenvalue weighted by Crippen LogP contribution is -2.40. The van der Waals surface area contributed by atoms with Gasteiger partial charge in [-0.1, -0.05) is 71.6 Å². The van der Waals surface area contributed by atoms with Gasteiger partial charge in [-0.25, -0.2) is 0 Å². The fourth-order valence-corrected chi connectivity index (χ4v) is 5.81. The summed E-state index contributed by atoms with van der Waals surface area (Å²) in [6, 6.07) is 0. The highest BCUT2D eigenvalue weighted by atomic mass is 32.2. The first-order valence-electron chi connectivity index (χ1n) is 10.0. The maximum absolute atomic E-state index is 6.52. The second-order valence-corrected chi connectivity index (χ2v) is 19.8. The molecule has 0 saturated heterocycles. The topological polar surface area (TPSA) is 18.5 Å². The van der Waals surface area contributed by atoms with Gasteiger partial charge in [0.25, 0.3) is 0 Å². The van der Waals surface area contributed by atoms with Gasteiger partial charge < -0.3 is 8.85 Å². The van der Waals surface area contributed by atoms with Crippen LogP contribution in [0.15, 0.2) is 10.9 Å². The van der Waals surface area contributed by atoms with Crippen molar-refractivity contribution in [1.29, 1.82) is 0 Å². The molecule has 0 aliphatic heterocycles. The molecule has 0 heterocycles. The number of allylic oxidation sites excluding steroid dienone is 1. The molecule has 0 saturated carbocycles. The first kappa shape index (κ1) is 25.1. The van der Waals surface area contributed by atoms with Crippen LogP contribution in [0.4, 0.5) is 0 Å². The van der Waals surface area contributed by atoms with E-state index in [4.69, 9.17) is 8.85 Å². The number of thioether (sulfide) groups is 1. The van der Waals surface area contributed by atoms with E-state index in [1.165, 1.54) is 38.5 Å². The number of hydrogen-bond donors (Lipinski definition) is 0. The molecule has 0 rings (SSSR count). The molecular weight excluding hydrogens is 360 g/mol. The van der Waals surface area contributed by atoms with Gasteiger partial charge in [0, 0.05) is 5.75 Å². The van der Waals surface area contributed by atoms with Crippen molar-refractivity contribution in [1.82, 2.24) is 0 Å². The highest BCUT2D eigenvalue weighted by Gasteiger charge is 2.39. The third-order valence-electron chi connectivity index (χ3n) is 4.63. The zero-order chi connectivity index (χ0) is 19.7. The summed E-state index contributed by atoms with van der Waals surface area (Å²) in [6.07, 6.45) is 8.02. The zero-order valence-corrected chi connectivity index (χ0v) is 21.5. The summed E-state index contributed by atoms with van der Waals surface area (Å²) in [7, 11) is -3.44. The Morgan fingerprint density at radius 3 is 1.84 bits per heavy atom. The van der Waals surface area contributed by atoms with Crippen molar-refractivity contribution in [3.63, 3.8) is 0 Å². The average molecular weight is 405 g/mol. The van der Waals surface area contributed by atoms with Gasteiger partial charge in [-0.15, -0.1) is 0 Å². The normalized spacial score (nSPS) is 14.3. The predicted octanol–water partition coefficient (Wildman–Crippen LogP) is 8.14. The lowest BCUT2D eigenvalue weighted by molar-refractivity contribution is 0.347. The molecule has 0 aromatic carbocycles. The maximum Gasteiger partial charge on any atom is 0.250 e. The van der Waals surface area contributed by atoms with Crippen LogP contribution in [0.3, 0.4) is 0 Å². The van der Waals surface area contributed by atoms with Crippen LogP contribution < -0.4 is 0 Å². The molecule has 0 aliphatic carbocycles. The third-order valence-corrected chi connectivity index (χ3v) is 11.2. The Morgan fingerprint density at radius 1 is 0.840 bits per heavy atom. The molecule has 0 amide bonds. The van der Waals surface area contributed by atoms with Gasteiger partial charge in [-0.3, -0.25) is 0 Å². The van der Waals surface area contributed by atoms with E-state index in [0.29, 0.717) is 0 Å². The van der Waals surface area contributed by atoms with Crippen LogP contribution in [-0.2, 0) is 8.85 Å². The van der Waals surface area contributed by atoms with E-state index < -0.39 is 16.6 Å². The Labute approximate surface area is 164 Å². The summed E-state index contributed by atoms with van der Waals surface area (Å²) < 4.78 is 12.9. The van der Waals surface area contributed by atoms with Crippen LogP contribution in [0.2, 0.25) is 37.8 Å². The molecule has 0 aromatic rings. The standard InChI is InChI=1S/C20H44O2SSi2/c1-11-12-13-14-15-16-17-23-19(22-24(6,7)8)18(2)21-25(9,10)20(3,4)5/h11-17H2,1-10H3/b19-18+. The lowest BCUT2D eigenvalue weighted by Gasteiger charge is -2.37. The van der Waals surface area contributed by atoms with Crippen LogP contribution in [0.1, 0.15) is 73.1 Å². The van der Waals surface area contributed by atoms with Gasteiger partial charge in [0.15, 0.2) is 5.09 Å². The minimum Gasteiger partial charge on any atom is -0.544 e. The van der Waals surface area contributed by atoms with Crippen molar-refractivity contribution in [3.8, 4) is 0 Å². The van der Waals surface area contributed by atoms with E-state index in [1.807, 2.05) is 11.8 Å². The Kier molecular flexibility index (Phi) is 11.1. The Hall–Kier alpha value is 0.124. The van der Waals surface area contributed by atoms with Gasteiger partial charge in [-0.2, -0.15) is 0 Å². The van der Waals surface area contributed by atoms with Crippen molar-refractivity contribution < 1.29 is 8.85 Å². The van der Waals surface area contributed by atoms with Crippen molar-refractivity contribution >= 4 is 28.4 Å². The van der Waals surface area contributed by atoms with Crippen LogP contribution in [0.25, 0.3) is 0 Å².